The molecule has 0 spiro atoms. The minimum absolute atomic E-state index is 0.805. The number of piperidine rings is 1. The van der Waals surface area contributed by atoms with Gasteiger partial charge in [0.1, 0.15) is 0 Å². The molecule has 1 saturated heterocycles. The van der Waals surface area contributed by atoms with Crippen LogP contribution in [0.3, 0.4) is 0 Å². The highest BCUT2D eigenvalue weighted by Gasteiger charge is 2.30. The Morgan fingerprint density at radius 1 is 1.11 bits per heavy atom. The van der Waals surface area contributed by atoms with E-state index < -0.39 is 0 Å². The molecule has 4 unspecified atom stereocenters. The molecule has 4 atom stereocenters. The van der Waals surface area contributed by atoms with E-state index >= 15 is 0 Å². The molecule has 0 aromatic carbocycles. The smallest absolute Gasteiger partial charge is 0.0107 e. The van der Waals surface area contributed by atoms with Crippen molar-refractivity contribution in [3.05, 3.63) is 0 Å². The van der Waals surface area contributed by atoms with Crippen LogP contribution in [0.15, 0.2) is 0 Å². The molecule has 2 fully saturated rings. The Labute approximate surface area is 114 Å². The molecule has 2 aliphatic rings. The largest absolute Gasteiger partial charge is 0.314 e. The van der Waals surface area contributed by atoms with Crippen LogP contribution in [0.25, 0.3) is 0 Å². The van der Waals surface area contributed by atoms with Gasteiger partial charge in [0.2, 0.25) is 0 Å². The van der Waals surface area contributed by atoms with Crippen molar-refractivity contribution < 1.29 is 0 Å². The Balaban J connectivity index is 1.77. The van der Waals surface area contributed by atoms with Gasteiger partial charge in [-0.3, -0.25) is 0 Å². The maximum atomic E-state index is 3.76. The molecule has 1 aliphatic carbocycles. The van der Waals surface area contributed by atoms with Gasteiger partial charge in [-0.25, -0.2) is 0 Å². The van der Waals surface area contributed by atoms with Crippen LogP contribution < -0.4 is 5.32 Å². The molecule has 2 rings (SSSR count). The standard InChI is InChI=1S/C16H32N2/c1-4-9-17-16-7-5-6-15(16)12-18-10-8-13(2)14(3)11-18/h13-17H,4-12H2,1-3H3. The Morgan fingerprint density at radius 2 is 1.94 bits per heavy atom. The van der Waals surface area contributed by atoms with Crippen LogP contribution in [0.1, 0.15) is 52.9 Å². The maximum Gasteiger partial charge on any atom is 0.0107 e. The van der Waals surface area contributed by atoms with E-state index in [4.69, 9.17) is 0 Å². The third-order valence-electron chi connectivity index (χ3n) is 5.23. The Bertz CT molecular complexity index is 241. The number of nitrogens with zero attached hydrogens (tertiary/aromatic N) is 1. The fourth-order valence-electron chi connectivity index (χ4n) is 3.70. The van der Waals surface area contributed by atoms with E-state index in [1.807, 2.05) is 0 Å². The van der Waals surface area contributed by atoms with E-state index in [0.717, 1.165) is 23.8 Å². The number of hydrogen-bond donors (Lipinski definition) is 1. The lowest BCUT2D eigenvalue weighted by molar-refractivity contribution is 0.115. The minimum Gasteiger partial charge on any atom is -0.314 e. The molecule has 1 N–H and O–H groups in total. The summed E-state index contributed by atoms with van der Waals surface area (Å²) in [5.74, 6) is 2.73. The highest BCUT2D eigenvalue weighted by Crippen LogP contribution is 2.29. The van der Waals surface area contributed by atoms with Crippen molar-refractivity contribution in [1.29, 1.82) is 0 Å². The van der Waals surface area contributed by atoms with Gasteiger partial charge in [0.25, 0.3) is 0 Å². The summed E-state index contributed by atoms with van der Waals surface area (Å²) >= 11 is 0. The number of nitrogens with one attached hydrogen (secondary N) is 1. The van der Waals surface area contributed by atoms with E-state index in [-0.39, 0.29) is 0 Å². The van der Waals surface area contributed by atoms with Crippen molar-refractivity contribution in [2.75, 3.05) is 26.2 Å². The van der Waals surface area contributed by atoms with Crippen LogP contribution in [0.4, 0.5) is 0 Å². The quantitative estimate of drug-likeness (QED) is 0.809. The van der Waals surface area contributed by atoms with E-state index in [1.54, 1.807) is 0 Å². The average Bonchev–Trinajstić information content (AvgIpc) is 2.79. The Morgan fingerprint density at radius 3 is 2.67 bits per heavy atom. The van der Waals surface area contributed by atoms with Gasteiger partial charge < -0.3 is 10.2 Å². The van der Waals surface area contributed by atoms with Crippen molar-refractivity contribution in [2.24, 2.45) is 17.8 Å². The summed E-state index contributed by atoms with van der Waals surface area (Å²) in [4.78, 5) is 2.74. The average molecular weight is 252 g/mol. The molecule has 106 valence electrons. The lowest BCUT2D eigenvalue weighted by Gasteiger charge is -2.37. The van der Waals surface area contributed by atoms with Gasteiger partial charge in [0.05, 0.1) is 0 Å². The zero-order chi connectivity index (χ0) is 13.0. The van der Waals surface area contributed by atoms with Crippen LogP contribution in [0.2, 0.25) is 0 Å². The number of likely N-dealkylation sites (tertiary alicyclic amines) is 1. The molecule has 0 bridgehead atoms. The summed E-state index contributed by atoms with van der Waals surface area (Å²) in [6.45, 7) is 12.3. The number of hydrogen-bond acceptors (Lipinski definition) is 2. The summed E-state index contributed by atoms with van der Waals surface area (Å²) < 4.78 is 0. The summed E-state index contributed by atoms with van der Waals surface area (Å²) in [6.07, 6.45) is 6.96. The molecule has 1 saturated carbocycles. The molecule has 0 aromatic heterocycles. The van der Waals surface area contributed by atoms with Gasteiger partial charge in [-0.15, -0.1) is 0 Å². The first-order chi connectivity index (χ1) is 8.70. The van der Waals surface area contributed by atoms with Crippen molar-refractivity contribution in [2.45, 2.75) is 58.9 Å². The predicted molar refractivity (Wildman–Crippen MR) is 78.8 cm³/mol. The summed E-state index contributed by atoms with van der Waals surface area (Å²) in [7, 11) is 0. The van der Waals surface area contributed by atoms with E-state index in [9.17, 15) is 0 Å². The van der Waals surface area contributed by atoms with Gasteiger partial charge in [0.15, 0.2) is 0 Å². The van der Waals surface area contributed by atoms with Crippen molar-refractivity contribution in [1.82, 2.24) is 10.2 Å². The maximum absolute atomic E-state index is 3.76. The third-order valence-corrected chi connectivity index (χ3v) is 5.23. The Kier molecular flexibility index (Phi) is 5.50. The van der Waals surface area contributed by atoms with Gasteiger partial charge in [-0.05, 0) is 56.5 Å². The van der Waals surface area contributed by atoms with Crippen LogP contribution in [-0.4, -0.2) is 37.1 Å². The van der Waals surface area contributed by atoms with Crippen molar-refractivity contribution in [3.63, 3.8) is 0 Å². The van der Waals surface area contributed by atoms with Crippen LogP contribution >= 0.6 is 0 Å². The second kappa shape index (κ2) is 6.91. The molecule has 0 aromatic rings. The van der Waals surface area contributed by atoms with Crippen molar-refractivity contribution in [3.8, 4) is 0 Å². The van der Waals surface area contributed by atoms with E-state index in [1.165, 1.54) is 58.3 Å². The summed E-state index contributed by atoms with van der Waals surface area (Å²) in [5.41, 5.74) is 0. The fourth-order valence-corrected chi connectivity index (χ4v) is 3.70. The zero-order valence-corrected chi connectivity index (χ0v) is 12.6. The third kappa shape index (κ3) is 3.71. The molecular weight excluding hydrogens is 220 g/mol. The molecule has 2 nitrogen and oxygen atoms in total. The lowest BCUT2D eigenvalue weighted by atomic mass is 9.88. The summed E-state index contributed by atoms with van der Waals surface area (Å²) in [5, 5.41) is 3.76. The molecule has 0 amide bonds. The number of rotatable bonds is 5. The first kappa shape index (κ1) is 14.3. The normalized spacial score (nSPS) is 38.2. The molecule has 0 radical (unpaired) electrons. The molecule has 2 heteroatoms. The molecule has 1 heterocycles. The van der Waals surface area contributed by atoms with E-state index in [0.29, 0.717) is 0 Å². The highest BCUT2D eigenvalue weighted by molar-refractivity contribution is 4.86. The molecule has 18 heavy (non-hydrogen) atoms. The molecular formula is C16H32N2. The first-order valence-corrected chi connectivity index (χ1v) is 8.16. The van der Waals surface area contributed by atoms with E-state index in [2.05, 4.69) is 31.0 Å². The predicted octanol–water partition coefficient (Wildman–Crippen LogP) is 3.13. The minimum atomic E-state index is 0.805. The monoisotopic (exact) mass is 252 g/mol. The highest BCUT2D eigenvalue weighted by atomic mass is 15.1. The SMILES string of the molecule is CCCNC1CCCC1CN1CCC(C)C(C)C1. The fraction of sp³-hybridized carbons (Fsp3) is 1.00. The van der Waals surface area contributed by atoms with Gasteiger partial charge in [0, 0.05) is 19.1 Å². The van der Waals surface area contributed by atoms with Gasteiger partial charge >= 0.3 is 0 Å². The summed E-state index contributed by atoms with van der Waals surface area (Å²) in [6, 6.07) is 0.805. The van der Waals surface area contributed by atoms with Gasteiger partial charge in [-0.2, -0.15) is 0 Å². The Hall–Kier alpha value is -0.0800. The van der Waals surface area contributed by atoms with Crippen LogP contribution in [0, 0.1) is 17.8 Å². The topological polar surface area (TPSA) is 15.3 Å². The molecule has 1 aliphatic heterocycles. The van der Waals surface area contributed by atoms with Crippen LogP contribution in [0.5, 0.6) is 0 Å². The van der Waals surface area contributed by atoms with Crippen LogP contribution in [-0.2, 0) is 0 Å². The lowest BCUT2D eigenvalue weighted by Crippen LogP contribution is -2.44. The second-order valence-electron chi connectivity index (χ2n) is 6.75. The zero-order valence-electron chi connectivity index (χ0n) is 12.6. The first-order valence-electron chi connectivity index (χ1n) is 8.16. The van der Waals surface area contributed by atoms with Gasteiger partial charge in [-0.1, -0.05) is 27.2 Å². The second-order valence-corrected chi connectivity index (χ2v) is 6.75. The van der Waals surface area contributed by atoms with Crippen molar-refractivity contribution >= 4 is 0 Å².